The molecule has 2 aromatic heterocycles. The summed E-state index contributed by atoms with van der Waals surface area (Å²) in [6, 6.07) is 8.99. The molecule has 18 heavy (non-hydrogen) atoms. The minimum Gasteiger partial charge on any atom is -0.464 e. The summed E-state index contributed by atoms with van der Waals surface area (Å²) in [7, 11) is 0. The van der Waals surface area contributed by atoms with Crippen LogP contribution in [0, 0.1) is 0 Å². The zero-order chi connectivity index (χ0) is 12.5. The number of carbonyl (C=O) groups excluding carboxylic acids is 1. The highest BCUT2D eigenvalue weighted by molar-refractivity contribution is 6.17. The summed E-state index contributed by atoms with van der Waals surface area (Å²) in [6.07, 6.45) is 4.48. The SMILES string of the molecule is Nc1ccncc1C(=O)c1coc2ccccc12. The molecule has 0 spiro atoms. The van der Waals surface area contributed by atoms with Gasteiger partial charge in [-0.2, -0.15) is 0 Å². The standard InChI is InChI=1S/C14H10N2O2/c15-12-5-6-16-7-10(12)14(17)11-8-18-13-4-2-1-3-9(11)13/h1-8H,(H2,15,16). The van der Waals surface area contributed by atoms with Crippen LogP contribution in [0.5, 0.6) is 0 Å². The molecule has 0 unspecified atom stereocenters. The van der Waals surface area contributed by atoms with Crippen LogP contribution in [-0.4, -0.2) is 10.8 Å². The molecule has 0 amide bonds. The molecule has 0 saturated heterocycles. The molecule has 88 valence electrons. The summed E-state index contributed by atoms with van der Waals surface area (Å²) < 4.78 is 5.35. The van der Waals surface area contributed by atoms with Gasteiger partial charge in [-0.15, -0.1) is 0 Å². The molecule has 0 aliphatic heterocycles. The molecule has 0 atom stereocenters. The Labute approximate surface area is 103 Å². The van der Waals surface area contributed by atoms with Crippen molar-refractivity contribution in [1.82, 2.24) is 4.98 Å². The largest absolute Gasteiger partial charge is 0.464 e. The monoisotopic (exact) mass is 238 g/mol. The number of para-hydroxylation sites is 1. The first-order valence-electron chi connectivity index (χ1n) is 5.48. The van der Waals surface area contributed by atoms with Gasteiger partial charge in [0.1, 0.15) is 11.8 Å². The molecule has 1 aromatic carbocycles. The number of benzene rings is 1. The van der Waals surface area contributed by atoms with E-state index in [2.05, 4.69) is 4.98 Å². The first-order chi connectivity index (χ1) is 8.77. The van der Waals surface area contributed by atoms with Crippen LogP contribution in [0.25, 0.3) is 11.0 Å². The van der Waals surface area contributed by atoms with Gasteiger partial charge in [0, 0.05) is 23.5 Å². The number of pyridine rings is 1. The predicted molar refractivity (Wildman–Crippen MR) is 68.3 cm³/mol. The maximum atomic E-state index is 12.4. The molecule has 4 nitrogen and oxygen atoms in total. The molecule has 3 rings (SSSR count). The molecule has 0 fully saturated rings. The second-order valence-electron chi connectivity index (χ2n) is 3.94. The molecule has 3 aromatic rings. The number of nitrogens with two attached hydrogens (primary N) is 1. The summed E-state index contributed by atoms with van der Waals surface area (Å²) in [5.41, 5.74) is 7.78. The van der Waals surface area contributed by atoms with E-state index < -0.39 is 0 Å². The molecule has 0 bridgehead atoms. The Bertz CT molecular complexity index is 731. The van der Waals surface area contributed by atoms with Crippen LogP contribution in [-0.2, 0) is 0 Å². The molecule has 2 N–H and O–H groups in total. The van der Waals surface area contributed by atoms with Crippen LogP contribution in [0.3, 0.4) is 0 Å². The maximum absolute atomic E-state index is 12.4. The lowest BCUT2D eigenvalue weighted by molar-refractivity contribution is 0.104. The van der Waals surface area contributed by atoms with Gasteiger partial charge in [0.15, 0.2) is 0 Å². The van der Waals surface area contributed by atoms with Gasteiger partial charge >= 0.3 is 0 Å². The molecule has 4 heteroatoms. The van der Waals surface area contributed by atoms with Crippen molar-refractivity contribution < 1.29 is 9.21 Å². The molecule has 2 heterocycles. The van der Waals surface area contributed by atoms with Gasteiger partial charge in [0.25, 0.3) is 0 Å². The topological polar surface area (TPSA) is 69.1 Å². The van der Waals surface area contributed by atoms with Crippen molar-refractivity contribution in [2.24, 2.45) is 0 Å². The number of hydrogen-bond donors (Lipinski definition) is 1. The van der Waals surface area contributed by atoms with Crippen LogP contribution in [0.1, 0.15) is 15.9 Å². The molecular formula is C14H10N2O2. The third-order valence-corrected chi connectivity index (χ3v) is 2.83. The highest BCUT2D eigenvalue weighted by Gasteiger charge is 2.17. The zero-order valence-electron chi connectivity index (χ0n) is 9.46. The van der Waals surface area contributed by atoms with E-state index in [0.717, 1.165) is 5.39 Å². The van der Waals surface area contributed by atoms with Crippen LogP contribution in [0.4, 0.5) is 5.69 Å². The van der Waals surface area contributed by atoms with E-state index in [9.17, 15) is 4.79 Å². The smallest absolute Gasteiger partial charge is 0.200 e. The Kier molecular flexibility index (Phi) is 2.34. The van der Waals surface area contributed by atoms with Gasteiger partial charge in [0.2, 0.25) is 5.78 Å². The molecule has 0 aliphatic carbocycles. The fourth-order valence-corrected chi connectivity index (χ4v) is 1.89. The Morgan fingerprint density at radius 2 is 2.00 bits per heavy atom. The van der Waals surface area contributed by atoms with Crippen molar-refractivity contribution in [2.45, 2.75) is 0 Å². The summed E-state index contributed by atoms with van der Waals surface area (Å²) in [5, 5.41) is 0.783. The lowest BCUT2D eigenvalue weighted by Crippen LogP contribution is -2.05. The summed E-state index contributed by atoms with van der Waals surface area (Å²) >= 11 is 0. The van der Waals surface area contributed by atoms with Crippen molar-refractivity contribution in [3.8, 4) is 0 Å². The fraction of sp³-hybridized carbons (Fsp3) is 0. The lowest BCUT2D eigenvalue weighted by atomic mass is 10.0. The maximum Gasteiger partial charge on any atom is 0.200 e. The number of rotatable bonds is 2. The molecule has 0 radical (unpaired) electrons. The Morgan fingerprint density at radius 3 is 2.83 bits per heavy atom. The van der Waals surface area contributed by atoms with E-state index in [-0.39, 0.29) is 5.78 Å². The summed E-state index contributed by atoms with van der Waals surface area (Å²) in [6.45, 7) is 0. The van der Waals surface area contributed by atoms with Crippen LogP contribution in [0.15, 0.2) is 53.4 Å². The van der Waals surface area contributed by atoms with Gasteiger partial charge in [-0.1, -0.05) is 18.2 Å². The average Bonchev–Trinajstić information content (AvgIpc) is 2.82. The zero-order valence-corrected chi connectivity index (χ0v) is 9.46. The van der Waals surface area contributed by atoms with E-state index in [1.165, 1.54) is 12.5 Å². The quantitative estimate of drug-likeness (QED) is 0.697. The Morgan fingerprint density at radius 1 is 1.17 bits per heavy atom. The van der Waals surface area contributed by atoms with Crippen molar-refractivity contribution in [3.63, 3.8) is 0 Å². The molecule has 0 aliphatic rings. The first kappa shape index (κ1) is 10.5. The van der Waals surface area contributed by atoms with E-state index in [1.54, 1.807) is 12.3 Å². The number of fused-ring (bicyclic) bond motifs is 1. The molecular weight excluding hydrogens is 228 g/mol. The van der Waals surface area contributed by atoms with Crippen LogP contribution < -0.4 is 5.73 Å². The average molecular weight is 238 g/mol. The third kappa shape index (κ3) is 1.55. The number of aromatic nitrogens is 1. The molecule has 0 saturated carbocycles. The number of ketones is 1. The van der Waals surface area contributed by atoms with Gasteiger partial charge in [-0.3, -0.25) is 9.78 Å². The second-order valence-corrected chi connectivity index (χ2v) is 3.94. The number of nitrogens with zero attached hydrogens (tertiary/aromatic N) is 1. The second kappa shape index (κ2) is 4.00. The van der Waals surface area contributed by atoms with E-state index in [1.807, 2.05) is 24.3 Å². The van der Waals surface area contributed by atoms with Crippen LogP contribution >= 0.6 is 0 Å². The fourth-order valence-electron chi connectivity index (χ4n) is 1.89. The van der Waals surface area contributed by atoms with Gasteiger partial charge in [0.05, 0.1) is 11.1 Å². The lowest BCUT2D eigenvalue weighted by Gasteiger charge is -2.01. The number of furan rings is 1. The summed E-state index contributed by atoms with van der Waals surface area (Å²) in [5.74, 6) is -0.175. The minimum atomic E-state index is -0.175. The van der Waals surface area contributed by atoms with Crippen molar-refractivity contribution in [1.29, 1.82) is 0 Å². The van der Waals surface area contributed by atoms with Crippen molar-refractivity contribution >= 4 is 22.4 Å². The van der Waals surface area contributed by atoms with E-state index >= 15 is 0 Å². The summed E-state index contributed by atoms with van der Waals surface area (Å²) in [4.78, 5) is 16.3. The normalized spacial score (nSPS) is 10.7. The number of anilines is 1. The third-order valence-electron chi connectivity index (χ3n) is 2.83. The van der Waals surface area contributed by atoms with Crippen molar-refractivity contribution in [3.05, 3.63) is 60.1 Å². The highest BCUT2D eigenvalue weighted by atomic mass is 16.3. The van der Waals surface area contributed by atoms with E-state index in [0.29, 0.717) is 22.4 Å². The van der Waals surface area contributed by atoms with E-state index in [4.69, 9.17) is 10.2 Å². The number of carbonyl (C=O) groups is 1. The van der Waals surface area contributed by atoms with Gasteiger partial charge < -0.3 is 10.2 Å². The Hall–Kier alpha value is -2.62. The van der Waals surface area contributed by atoms with Gasteiger partial charge in [-0.25, -0.2) is 0 Å². The van der Waals surface area contributed by atoms with Gasteiger partial charge in [-0.05, 0) is 12.1 Å². The van der Waals surface area contributed by atoms with Crippen molar-refractivity contribution in [2.75, 3.05) is 5.73 Å². The Balaban J connectivity index is 2.16. The number of nitrogen functional groups attached to an aromatic ring is 1. The predicted octanol–water partition coefficient (Wildman–Crippen LogP) is 2.64. The minimum absolute atomic E-state index is 0.175. The first-order valence-corrected chi connectivity index (χ1v) is 5.48. The number of hydrogen-bond acceptors (Lipinski definition) is 4. The highest BCUT2D eigenvalue weighted by Crippen LogP contribution is 2.24. The van der Waals surface area contributed by atoms with Crippen LogP contribution in [0.2, 0.25) is 0 Å².